The molecule has 0 amide bonds. The SMILES string of the molecule is I.NCCF. The molecular weight excluding hydrogens is 184 g/mol. The number of nitrogens with two attached hydrogens (primary N) is 1. The maximum Gasteiger partial charge on any atom is 0.102 e. The molecule has 1 nitrogen and oxygen atoms in total. The third-order valence-electron chi connectivity index (χ3n) is 0.109. The molecule has 0 rings (SSSR count). The van der Waals surface area contributed by atoms with E-state index in [0.29, 0.717) is 0 Å². The molecule has 3 heteroatoms. The number of alkyl halides is 1. The molecule has 0 aliphatic carbocycles. The van der Waals surface area contributed by atoms with E-state index in [1.54, 1.807) is 0 Å². The van der Waals surface area contributed by atoms with Crippen molar-refractivity contribution < 1.29 is 4.39 Å². The molecule has 0 aromatic heterocycles. The largest absolute Gasteiger partial charge is 0.328 e. The molecule has 0 aliphatic rings. The Morgan fingerprint density at radius 1 is 1.60 bits per heavy atom. The van der Waals surface area contributed by atoms with Gasteiger partial charge in [-0.05, 0) is 0 Å². The minimum atomic E-state index is -0.403. The van der Waals surface area contributed by atoms with Crippen LogP contribution >= 0.6 is 24.0 Å². The van der Waals surface area contributed by atoms with Crippen molar-refractivity contribution in [1.29, 1.82) is 0 Å². The predicted molar refractivity (Wildman–Crippen MR) is 30.4 cm³/mol. The van der Waals surface area contributed by atoms with Gasteiger partial charge in [-0.15, -0.1) is 24.0 Å². The van der Waals surface area contributed by atoms with Crippen LogP contribution < -0.4 is 5.73 Å². The van der Waals surface area contributed by atoms with E-state index < -0.39 is 6.67 Å². The van der Waals surface area contributed by atoms with Gasteiger partial charge in [0.1, 0.15) is 6.67 Å². The van der Waals surface area contributed by atoms with E-state index in [9.17, 15) is 4.39 Å². The van der Waals surface area contributed by atoms with Crippen molar-refractivity contribution in [2.24, 2.45) is 5.73 Å². The summed E-state index contributed by atoms with van der Waals surface area (Å²) in [4.78, 5) is 0. The maximum absolute atomic E-state index is 10.6. The summed E-state index contributed by atoms with van der Waals surface area (Å²) < 4.78 is 10.6. The average Bonchev–Trinajstić information content (AvgIpc) is 1.37. The van der Waals surface area contributed by atoms with Crippen LogP contribution in [0, 0.1) is 0 Å². The van der Waals surface area contributed by atoms with E-state index >= 15 is 0 Å². The quantitative estimate of drug-likeness (QED) is 0.601. The van der Waals surface area contributed by atoms with Gasteiger partial charge >= 0.3 is 0 Å². The summed E-state index contributed by atoms with van der Waals surface area (Å²) in [5.74, 6) is 0. The first-order valence-electron chi connectivity index (χ1n) is 1.18. The monoisotopic (exact) mass is 191 g/mol. The zero-order chi connectivity index (χ0) is 3.41. The highest BCUT2D eigenvalue weighted by atomic mass is 127. The third-order valence-corrected chi connectivity index (χ3v) is 0.109. The molecule has 0 radical (unpaired) electrons. The van der Waals surface area contributed by atoms with E-state index in [2.05, 4.69) is 5.73 Å². The highest BCUT2D eigenvalue weighted by molar-refractivity contribution is 14.0. The fraction of sp³-hybridized carbons (Fsp3) is 1.00. The second-order valence-corrected chi connectivity index (χ2v) is 0.478. The fourth-order valence-electron chi connectivity index (χ4n) is 0. The average molecular weight is 191 g/mol. The zero-order valence-electron chi connectivity index (χ0n) is 2.78. The van der Waals surface area contributed by atoms with Gasteiger partial charge in [-0.25, -0.2) is 4.39 Å². The van der Waals surface area contributed by atoms with Crippen LogP contribution in [0.2, 0.25) is 0 Å². The smallest absolute Gasteiger partial charge is 0.102 e. The summed E-state index contributed by atoms with van der Waals surface area (Å²) in [5, 5.41) is 0. The Morgan fingerprint density at radius 2 is 1.80 bits per heavy atom. The van der Waals surface area contributed by atoms with Gasteiger partial charge in [-0.3, -0.25) is 0 Å². The predicted octanol–water partition coefficient (Wildman–Crippen LogP) is 0.533. The molecule has 0 saturated heterocycles. The van der Waals surface area contributed by atoms with E-state index in [1.807, 2.05) is 0 Å². The molecule has 0 aromatic carbocycles. The van der Waals surface area contributed by atoms with Crippen molar-refractivity contribution in [3.8, 4) is 0 Å². The van der Waals surface area contributed by atoms with Gasteiger partial charge in [-0.2, -0.15) is 0 Å². The Kier molecular flexibility index (Phi) is 16.1. The highest BCUT2D eigenvalue weighted by Crippen LogP contribution is 1.50. The molecule has 0 atom stereocenters. The second kappa shape index (κ2) is 8.82. The van der Waals surface area contributed by atoms with Gasteiger partial charge < -0.3 is 5.73 Å². The Bertz CT molecular complexity index is 11.6. The van der Waals surface area contributed by atoms with Crippen LogP contribution in [-0.4, -0.2) is 13.2 Å². The molecule has 0 aromatic rings. The van der Waals surface area contributed by atoms with Gasteiger partial charge in [0, 0.05) is 6.54 Å². The zero-order valence-corrected chi connectivity index (χ0v) is 5.11. The topological polar surface area (TPSA) is 26.0 Å². The lowest BCUT2D eigenvalue weighted by Crippen LogP contribution is -1.98. The molecule has 5 heavy (non-hydrogen) atoms. The van der Waals surface area contributed by atoms with Crippen LogP contribution in [-0.2, 0) is 0 Å². The molecule has 0 fully saturated rings. The summed E-state index contributed by atoms with van der Waals surface area (Å²) in [7, 11) is 0. The van der Waals surface area contributed by atoms with Crippen molar-refractivity contribution in [1.82, 2.24) is 0 Å². The third kappa shape index (κ3) is 12.1. The molecule has 0 heterocycles. The standard InChI is InChI=1S/C2H6FN.HI/c3-1-2-4;/h1-2,4H2;1H. The van der Waals surface area contributed by atoms with Crippen molar-refractivity contribution in [2.45, 2.75) is 0 Å². The minimum absolute atomic E-state index is 0. The fourth-order valence-corrected chi connectivity index (χ4v) is 0. The first-order chi connectivity index (χ1) is 1.91. The van der Waals surface area contributed by atoms with Crippen molar-refractivity contribution in [3.05, 3.63) is 0 Å². The normalized spacial score (nSPS) is 6.00. The molecule has 0 saturated carbocycles. The molecular formula is C2H7FIN. The van der Waals surface area contributed by atoms with Crippen LogP contribution in [0.4, 0.5) is 4.39 Å². The van der Waals surface area contributed by atoms with E-state index in [4.69, 9.17) is 0 Å². The molecule has 0 unspecified atom stereocenters. The maximum atomic E-state index is 10.6. The Labute approximate surface area is 47.8 Å². The minimum Gasteiger partial charge on any atom is -0.328 e. The number of halogens is 2. The van der Waals surface area contributed by atoms with Crippen LogP contribution in [0.1, 0.15) is 0 Å². The molecule has 0 spiro atoms. The van der Waals surface area contributed by atoms with Crippen LogP contribution in [0.25, 0.3) is 0 Å². The van der Waals surface area contributed by atoms with Crippen molar-refractivity contribution in [3.63, 3.8) is 0 Å². The summed E-state index contributed by atoms with van der Waals surface area (Å²) in [5.41, 5.74) is 4.65. The first-order valence-corrected chi connectivity index (χ1v) is 1.18. The first kappa shape index (κ1) is 9.15. The molecule has 2 N–H and O–H groups in total. The summed E-state index contributed by atoms with van der Waals surface area (Å²) in [6, 6.07) is 0. The lowest BCUT2D eigenvalue weighted by atomic mass is 10.8. The van der Waals surface area contributed by atoms with Crippen molar-refractivity contribution in [2.75, 3.05) is 13.2 Å². The van der Waals surface area contributed by atoms with Gasteiger partial charge in [0.25, 0.3) is 0 Å². The van der Waals surface area contributed by atoms with Gasteiger partial charge in [0.2, 0.25) is 0 Å². The lowest BCUT2D eigenvalue weighted by Gasteiger charge is -1.67. The van der Waals surface area contributed by atoms with Gasteiger partial charge in [0.15, 0.2) is 0 Å². The van der Waals surface area contributed by atoms with Crippen molar-refractivity contribution >= 4 is 24.0 Å². The Balaban J connectivity index is 0. The summed E-state index contributed by atoms with van der Waals surface area (Å²) in [6.07, 6.45) is 0. The number of hydrogen-bond acceptors (Lipinski definition) is 1. The Morgan fingerprint density at radius 3 is 1.80 bits per heavy atom. The van der Waals surface area contributed by atoms with Crippen LogP contribution in [0.3, 0.4) is 0 Å². The van der Waals surface area contributed by atoms with E-state index in [0.717, 1.165) is 0 Å². The van der Waals surface area contributed by atoms with Crippen LogP contribution in [0.15, 0.2) is 0 Å². The number of rotatable bonds is 1. The molecule has 34 valence electrons. The van der Waals surface area contributed by atoms with E-state index in [-0.39, 0.29) is 30.5 Å². The second-order valence-electron chi connectivity index (χ2n) is 0.478. The van der Waals surface area contributed by atoms with Gasteiger partial charge in [-0.1, -0.05) is 0 Å². The van der Waals surface area contributed by atoms with Gasteiger partial charge in [0.05, 0.1) is 0 Å². The lowest BCUT2D eigenvalue weighted by molar-refractivity contribution is 0.504. The highest BCUT2D eigenvalue weighted by Gasteiger charge is 1.60. The molecule has 0 bridgehead atoms. The van der Waals surface area contributed by atoms with Crippen LogP contribution in [0.5, 0.6) is 0 Å². The number of hydrogen-bond donors (Lipinski definition) is 1. The Hall–Kier alpha value is 0.620. The van der Waals surface area contributed by atoms with E-state index in [1.165, 1.54) is 0 Å². The summed E-state index contributed by atoms with van der Waals surface area (Å²) >= 11 is 0. The molecule has 0 aliphatic heterocycles. The summed E-state index contributed by atoms with van der Waals surface area (Å²) in [6.45, 7) is -0.250.